The van der Waals surface area contributed by atoms with E-state index in [9.17, 15) is 19.2 Å². The minimum absolute atomic E-state index is 0.101. The average molecular weight is 580 g/mol. The highest BCUT2D eigenvalue weighted by molar-refractivity contribution is 6.23. The lowest BCUT2D eigenvalue weighted by atomic mass is 9.80. The standard InChI is InChI=1S/C32H33N7O4/c40-28-10-9-26(30(41)35-28)39-31(42)22-8-7-20(15-23(22)32(39)43)33-16-18-13-21(14-18)38-17-24(29(36-38)19-5-6-19)25-3-1-4-27(34-25)37-11-2-12-37/h1,3-4,7-8,15,17-19,21,26,33H,2,5-6,9-14,16H2,(H,35,40,41)/t18-,21-,26?. The smallest absolute Gasteiger partial charge is 0.262 e. The van der Waals surface area contributed by atoms with Crippen LogP contribution in [0.3, 0.4) is 0 Å². The first-order valence-corrected chi connectivity index (χ1v) is 15.3. The van der Waals surface area contributed by atoms with Crippen LogP contribution in [0.15, 0.2) is 42.6 Å². The second kappa shape index (κ2) is 10.0. The molecular formula is C32H33N7O4. The van der Waals surface area contributed by atoms with Crippen LogP contribution in [0, 0.1) is 5.92 Å². The molecule has 2 saturated carbocycles. The summed E-state index contributed by atoms with van der Waals surface area (Å²) in [7, 11) is 0. The van der Waals surface area contributed by atoms with Crippen molar-refractivity contribution in [3.8, 4) is 11.3 Å². The molecule has 0 spiro atoms. The molecule has 11 heteroatoms. The molecule has 43 heavy (non-hydrogen) atoms. The summed E-state index contributed by atoms with van der Waals surface area (Å²) in [5.74, 6) is 0.0672. The summed E-state index contributed by atoms with van der Waals surface area (Å²) in [6.45, 7) is 2.89. The zero-order valence-corrected chi connectivity index (χ0v) is 23.8. The molecule has 3 aromatic rings. The van der Waals surface area contributed by atoms with E-state index in [2.05, 4.69) is 44.6 Å². The van der Waals surface area contributed by atoms with Gasteiger partial charge >= 0.3 is 0 Å². The van der Waals surface area contributed by atoms with E-state index in [1.165, 1.54) is 25.0 Å². The zero-order valence-electron chi connectivity index (χ0n) is 23.8. The van der Waals surface area contributed by atoms with E-state index < -0.39 is 23.8 Å². The first kappa shape index (κ1) is 26.1. The molecule has 2 aliphatic carbocycles. The molecule has 8 rings (SSSR count). The lowest BCUT2D eigenvalue weighted by molar-refractivity contribution is -0.136. The number of amides is 4. The molecule has 220 valence electrons. The van der Waals surface area contributed by atoms with Crippen LogP contribution < -0.4 is 15.5 Å². The maximum absolute atomic E-state index is 13.1. The summed E-state index contributed by atoms with van der Waals surface area (Å²) >= 11 is 0. The minimum atomic E-state index is -0.961. The fraction of sp³-hybridized carbons (Fsp3) is 0.438. The molecule has 11 nitrogen and oxygen atoms in total. The molecular weight excluding hydrogens is 546 g/mol. The van der Waals surface area contributed by atoms with Crippen LogP contribution in [-0.4, -0.2) is 69.0 Å². The largest absolute Gasteiger partial charge is 0.385 e. The first-order chi connectivity index (χ1) is 20.9. The molecule has 0 bridgehead atoms. The van der Waals surface area contributed by atoms with Crippen molar-refractivity contribution in [2.75, 3.05) is 29.9 Å². The second-order valence-corrected chi connectivity index (χ2v) is 12.5. The Hall–Kier alpha value is -4.54. The van der Waals surface area contributed by atoms with Gasteiger partial charge in [-0.25, -0.2) is 4.98 Å². The van der Waals surface area contributed by atoms with Crippen molar-refractivity contribution in [3.05, 3.63) is 59.4 Å². The fourth-order valence-corrected chi connectivity index (χ4v) is 6.67. The number of hydrogen-bond donors (Lipinski definition) is 2. The maximum atomic E-state index is 13.1. The maximum Gasteiger partial charge on any atom is 0.262 e. The van der Waals surface area contributed by atoms with E-state index in [4.69, 9.17) is 10.1 Å². The highest BCUT2D eigenvalue weighted by atomic mass is 16.2. The van der Waals surface area contributed by atoms with Crippen LogP contribution in [0.25, 0.3) is 11.3 Å². The second-order valence-electron chi connectivity index (χ2n) is 12.5. The third-order valence-corrected chi connectivity index (χ3v) is 9.53. The number of imide groups is 2. The predicted octanol–water partition coefficient (Wildman–Crippen LogP) is 3.50. The summed E-state index contributed by atoms with van der Waals surface area (Å²) in [5.41, 5.74) is 4.69. The molecule has 2 saturated heterocycles. The Morgan fingerprint density at radius 1 is 0.930 bits per heavy atom. The summed E-state index contributed by atoms with van der Waals surface area (Å²) in [6, 6.07) is 10.8. The number of anilines is 2. The van der Waals surface area contributed by atoms with Gasteiger partial charge in [0.25, 0.3) is 11.8 Å². The molecule has 1 aromatic carbocycles. The van der Waals surface area contributed by atoms with Crippen molar-refractivity contribution in [2.24, 2.45) is 5.92 Å². The van der Waals surface area contributed by atoms with Gasteiger partial charge in [0.2, 0.25) is 11.8 Å². The van der Waals surface area contributed by atoms with E-state index >= 15 is 0 Å². The van der Waals surface area contributed by atoms with Gasteiger partial charge in [-0.05, 0) is 74.8 Å². The lowest BCUT2D eigenvalue weighted by Crippen LogP contribution is -2.54. The number of nitrogens with zero attached hydrogens (tertiary/aromatic N) is 5. The van der Waals surface area contributed by atoms with Gasteiger partial charge in [-0.2, -0.15) is 5.10 Å². The van der Waals surface area contributed by atoms with Crippen molar-refractivity contribution < 1.29 is 19.2 Å². The summed E-state index contributed by atoms with van der Waals surface area (Å²) in [4.78, 5) is 58.3. The van der Waals surface area contributed by atoms with Crippen molar-refractivity contribution >= 4 is 35.1 Å². The molecule has 5 aliphatic rings. The monoisotopic (exact) mass is 579 g/mol. The number of hydrogen-bond acceptors (Lipinski definition) is 8. The van der Waals surface area contributed by atoms with E-state index in [1.54, 1.807) is 18.2 Å². The van der Waals surface area contributed by atoms with Crippen LogP contribution in [-0.2, 0) is 9.59 Å². The molecule has 0 radical (unpaired) electrons. The number of pyridine rings is 1. The van der Waals surface area contributed by atoms with Crippen molar-refractivity contribution in [1.82, 2.24) is 25.0 Å². The third kappa shape index (κ3) is 4.58. The number of fused-ring (bicyclic) bond motifs is 1. The molecule has 4 amide bonds. The SMILES string of the molecule is O=C1CCC(N2C(=O)c3ccc(NC[C@H]4C[C@H](n5cc(-c6cccc(N7CCC7)n6)c(C6CC6)n5)C4)cc3C2=O)C(=O)N1. The third-order valence-electron chi connectivity index (χ3n) is 9.53. The number of piperidine rings is 1. The normalized spacial score (nSPS) is 24.9. The van der Waals surface area contributed by atoms with Crippen LogP contribution in [0.5, 0.6) is 0 Å². The van der Waals surface area contributed by atoms with Gasteiger partial charge in [0, 0.05) is 49.4 Å². The van der Waals surface area contributed by atoms with Gasteiger partial charge < -0.3 is 10.2 Å². The van der Waals surface area contributed by atoms with Crippen LogP contribution >= 0.6 is 0 Å². The average Bonchev–Trinajstić information content (AvgIpc) is 3.65. The van der Waals surface area contributed by atoms with Gasteiger partial charge in [-0.15, -0.1) is 0 Å². The predicted molar refractivity (Wildman–Crippen MR) is 158 cm³/mol. The van der Waals surface area contributed by atoms with E-state index in [0.717, 1.165) is 60.1 Å². The molecule has 2 N–H and O–H groups in total. The van der Waals surface area contributed by atoms with Crippen LogP contribution in [0.2, 0.25) is 0 Å². The van der Waals surface area contributed by atoms with E-state index in [1.807, 2.05) is 0 Å². The molecule has 1 atom stereocenters. The highest BCUT2D eigenvalue weighted by Crippen LogP contribution is 2.46. The lowest BCUT2D eigenvalue weighted by Gasteiger charge is -2.35. The Morgan fingerprint density at radius 3 is 2.49 bits per heavy atom. The van der Waals surface area contributed by atoms with Crippen molar-refractivity contribution in [3.63, 3.8) is 0 Å². The van der Waals surface area contributed by atoms with Gasteiger partial charge in [0.15, 0.2) is 0 Å². The van der Waals surface area contributed by atoms with Gasteiger partial charge in [-0.3, -0.25) is 34.1 Å². The summed E-state index contributed by atoms with van der Waals surface area (Å²) < 4.78 is 2.15. The van der Waals surface area contributed by atoms with Crippen molar-refractivity contribution in [1.29, 1.82) is 0 Å². The molecule has 2 aromatic heterocycles. The Kier molecular flexibility index (Phi) is 6.09. The van der Waals surface area contributed by atoms with Gasteiger partial charge in [0.1, 0.15) is 11.9 Å². The number of benzene rings is 1. The van der Waals surface area contributed by atoms with Gasteiger partial charge in [0.05, 0.1) is 28.6 Å². The molecule has 4 fully saturated rings. The van der Waals surface area contributed by atoms with Crippen molar-refractivity contribution in [2.45, 2.75) is 62.9 Å². The first-order valence-electron chi connectivity index (χ1n) is 15.3. The zero-order chi connectivity index (χ0) is 29.2. The molecule has 5 heterocycles. The van der Waals surface area contributed by atoms with Crippen LogP contribution in [0.1, 0.15) is 83.3 Å². The number of carbonyl (C=O) groups is 4. The topological polar surface area (TPSA) is 130 Å². The number of carbonyl (C=O) groups excluding carboxylic acids is 4. The number of rotatable bonds is 8. The molecule has 1 unspecified atom stereocenters. The molecule has 3 aliphatic heterocycles. The Bertz CT molecular complexity index is 1670. The summed E-state index contributed by atoms with van der Waals surface area (Å²) in [6.07, 6.45) is 8.05. The quantitative estimate of drug-likeness (QED) is 0.388. The van der Waals surface area contributed by atoms with Gasteiger partial charge in [-0.1, -0.05) is 6.07 Å². The summed E-state index contributed by atoms with van der Waals surface area (Å²) in [5, 5.41) is 10.7. The Balaban J connectivity index is 0.911. The highest BCUT2D eigenvalue weighted by Gasteiger charge is 2.44. The Labute approximate surface area is 248 Å². The minimum Gasteiger partial charge on any atom is -0.385 e. The fourth-order valence-electron chi connectivity index (χ4n) is 6.67. The number of aromatic nitrogens is 3. The van der Waals surface area contributed by atoms with E-state index in [0.29, 0.717) is 17.9 Å². The Morgan fingerprint density at radius 2 is 1.74 bits per heavy atom. The van der Waals surface area contributed by atoms with E-state index in [-0.39, 0.29) is 29.9 Å². The number of nitrogens with one attached hydrogen (secondary N) is 2. The van der Waals surface area contributed by atoms with Crippen LogP contribution in [0.4, 0.5) is 11.5 Å².